The Morgan fingerprint density at radius 1 is 1.44 bits per heavy atom. The molecular weight excluding hydrogens is 200 g/mol. The molecular formula is C12H22N4. The van der Waals surface area contributed by atoms with Crippen LogP contribution < -0.4 is 11.1 Å². The SMILES string of the molecule is Cn1nccc1NCC1(CN)CCCCC1. The van der Waals surface area contributed by atoms with Crippen LogP contribution in [0.1, 0.15) is 32.1 Å². The van der Waals surface area contributed by atoms with Crippen molar-refractivity contribution < 1.29 is 0 Å². The van der Waals surface area contributed by atoms with Crippen molar-refractivity contribution in [3.63, 3.8) is 0 Å². The fraction of sp³-hybridized carbons (Fsp3) is 0.750. The van der Waals surface area contributed by atoms with Crippen LogP contribution in [0, 0.1) is 5.41 Å². The molecule has 0 amide bonds. The molecule has 1 aliphatic carbocycles. The number of aromatic nitrogens is 2. The van der Waals surface area contributed by atoms with Gasteiger partial charge in [0.15, 0.2) is 0 Å². The van der Waals surface area contributed by atoms with Gasteiger partial charge in [-0.1, -0.05) is 19.3 Å². The lowest BCUT2D eigenvalue weighted by Gasteiger charge is -2.36. The van der Waals surface area contributed by atoms with E-state index < -0.39 is 0 Å². The minimum Gasteiger partial charge on any atom is -0.370 e. The number of nitrogens with one attached hydrogen (secondary N) is 1. The molecule has 3 N–H and O–H groups in total. The molecule has 1 aromatic heterocycles. The normalized spacial score (nSPS) is 19.6. The van der Waals surface area contributed by atoms with E-state index in [1.54, 1.807) is 0 Å². The molecule has 0 spiro atoms. The molecule has 0 aliphatic heterocycles. The lowest BCUT2D eigenvalue weighted by Crippen LogP contribution is -2.39. The molecule has 0 radical (unpaired) electrons. The van der Waals surface area contributed by atoms with Crippen molar-refractivity contribution in [3.05, 3.63) is 12.3 Å². The first-order valence-corrected chi connectivity index (χ1v) is 6.18. The molecule has 4 heteroatoms. The van der Waals surface area contributed by atoms with E-state index in [1.807, 2.05) is 24.0 Å². The van der Waals surface area contributed by atoms with Crippen molar-refractivity contribution in [2.45, 2.75) is 32.1 Å². The molecule has 0 saturated heterocycles. The second-order valence-corrected chi connectivity index (χ2v) is 4.96. The molecule has 0 unspecified atom stereocenters. The smallest absolute Gasteiger partial charge is 0.123 e. The summed E-state index contributed by atoms with van der Waals surface area (Å²) in [7, 11) is 1.96. The molecule has 2 rings (SSSR count). The van der Waals surface area contributed by atoms with Gasteiger partial charge in [-0.05, 0) is 24.8 Å². The van der Waals surface area contributed by atoms with Gasteiger partial charge >= 0.3 is 0 Å². The summed E-state index contributed by atoms with van der Waals surface area (Å²) in [6.07, 6.45) is 8.35. The van der Waals surface area contributed by atoms with Gasteiger partial charge in [0.1, 0.15) is 5.82 Å². The van der Waals surface area contributed by atoms with Crippen LogP contribution in [0.25, 0.3) is 0 Å². The topological polar surface area (TPSA) is 55.9 Å². The molecule has 4 nitrogen and oxygen atoms in total. The summed E-state index contributed by atoms with van der Waals surface area (Å²) in [5, 5.41) is 7.63. The second kappa shape index (κ2) is 4.87. The molecule has 1 saturated carbocycles. The van der Waals surface area contributed by atoms with Crippen LogP contribution in [-0.2, 0) is 7.05 Å². The van der Waals surface area contributed by atoms with Gasteiger partial charge in [-0.15, -0.1) is 0 Å². The van der Waals surface area contributed by atoms with Gasteiger partial charge in [-0.2, -0.15) is 5.10 Å². The molecule has 16 heavy (non-hydrogen) atoms. The van der Waals surface area contributed by atoms with E-state index >= 15 is 0 Å². The Hall–Kier alpha value is -1.03. The first kappa shape index (κ1) is 11.5. The molecule has 0 aromatic carbocycles. The lowest BCUT2D eigenvalue weighted by atomic mass is 9.74. The molecule has 1 heterocycles. The Bertz CT molecular complexity index is 326. The highest BCUT2D eigenvalue weighted by Crippen LogP contribution is 2.35. The standard InChI is InChI=1S/C12H22N4/c1-16-11(5-8-15-16)14-10-12(9-13)6-3-2-4-7-12/h5,8,14H,2-4,6-7,9-10,13H2,1H3. The van der Waals surface area contributed by atoms with Gasteiger partial charge in [-0.25, -0.2) is 0 Å². The van der Waals surface area contributed by atoms with Crippen LogP contribution in [0.5, 0.6) is 0 Å². The first-order valence-electron chi connectivity index (χ1n) is 6.18. The third-order valence-electron chi connectivity index (χ3n) is 3.81. The second-order valence-electron chi connectivity index (χ2n) is 4.96. The largest absolute Gasteiger partial charge is 0.370 e. The number of hydrogen-bond donors (Lipinski definition) is 2. The summed E-state index contributed by atoms with van der Waals surface area (Å²) in [6.45, 7) is 1.76. The predicted molar refractivity (Wildman–Crippen MR) is 66.3 cm³/mol. The van der Waals surface area contributed by atoms with Crippen LogP contribution in [-0.4, -0.2) is 22.9 Å². The molecule has 1 aromatic rings. The first-order chi connectivity index (χ1) is 7.76. The van der Waals surface area contributed by atoms with Crippen molar-refractivity contribution in [2.24, 2.45) is 18.2 Å². The Labute approximate surface area is 97.2 Å². The quantitative estimate of drug-likeness (QED) is 0.816. The fourth-order valence-electron chi connectivity index (χ4n) is 2.58. The molecule has 90 valence electrons. The van der Waals surface area contributed by atoms with E-state index in [9.17, 15) is 0 Å². The number of hydrogen-bond acceptors (Lipinski definition) is 3. The zero-order chi connectivity index (χ0) is 11.4. The summed E-state index contributed by atoms with van der Waals surface area (Å²) >= 11 is 0. The summed E-state index contributed by atoms with van der Waals surface area (Å²) in [4.78, 5) is 0. The van der Waals surface area contributed by atoms with E-state index in [0.717, 1.165) is 18.9 Å². The van der Waals surface area contributed by atoms with Crippen molar-refractivity contribution >= 4 is 5.82 Å². The third kappa shape index (κ3) is 2.38. The van der Waals surface area contributed by atoms with Crippen molar-refractivity contribution in [1.29, 1.82) is 0 Å². The van der Waals surface area contributed by atoms with Gasteiger partial charge in [0.2, 0.25) is 0 Å². The minimum atomic E-state index is 0.308. The molecule has 0 bridgehead atoms. The highest BCUT2D eigenvalue weighted by Gasteiger charge is 2.30. The van der Waals surface area contributed by atoms with Crippen LogP contribution in [0.2, 0.25) is 0 Å². The minimum absolute atomic E-state index is 0.308. The van der Waals surface area contributed by atoms with E-state index in [1.165, 1.54) is 32.1 Å². The highest BCUT2D eigenvalue weighted by molar-refractivity contribution is 5.33. The zero-order valence-electron chi connectivity index (χ0n) is 10.1. The number of rotatable bonds is 4. The van der Waals surface area contributed by atoms with Gasteiger partial charge < -0.3 is 11.1 Å². The van der Waals surface area contributed by atoms with Crippen molar-refractivity contribution in [3.8, 4) is 0 Å². The van der Waals surface area contributed by atoms with E-state index in [4.69, 9.17) is 5.73 Å². The number of nitrogens with zero attached hydrogens (tertiary/aromatic N) is 2. The summed E-state index contributed by atoms with van der Waals surface area (Å²) in [5.74, 6) is 1.08. The Balaban J connectivity index is 1.94. The van der Waals surface area contributed by atoms with Gasteiger partial charge in [0.05, 0.1) is 6.20 Å². The number of nitrogens with two attached hydrogens (primary N) is 1. The Morgan fingerprint density at radius 2 is 2.19 bits per heavy atom. The number of anilines is 1. The van der Waals surface area contributed by atoms with Gasteiger partial charge in [0.25, 0.3) is 0 Å². The Morgan fingerprint density at radius 3 is 2.75 bits per heavy atom. The average Bonchev–Trinajstić information content (AvgIpc) is 2.74. The van der Waals surface area contributed by atoms with Crippen molar-refractivity contribution in [2.75, 3.05) is 18.4 Å². The van der Waals surface area contributed by atoms with Crippen LogP contribution in [0.3, 0.4) is 0 Å². The van der Waals surface area contributed by atoms with E-state index in [2.05, 4.69) is 10.4 Å². The summed E-state index contributed by atoms with van der Waals surface area (Å²) in [6, 6.07) is 2.01. The third-order valence-corrected chi connectivity index (χ3v) is 3.81. The summed E-state index contributed by atoms with van der Waals surface area (Å²) < 4.78 is 1.87. The Kier molecular flexibility index (Phi) is 3.49. The summed E-state index contributed by atoms with van der Waals surface area (Å²) in [5.41, 5.74) is 6.26. The van der Waals surface area contributed by atoms with Crippen LogP contribution in [0.15, 0.2) is 12.3 Å². The lowest BCUT2D eigenvalue weighted by molar-refractivity contribution is 0.215. The monoisotopic (exact) mass is 222 g/mol. The maximum atomic E-state index is 5.95. The predicted octanol–water partition coefficient (Wildman–Crippen LogP) is 1.74. The van der Waals surface area contributed by atoms with Crippen molar-refractivity contribution in [1.82, 2.24) is 9.78 Å². The van der Waals surface area contributed by atoms with E-state index in [0.29, 0.717) is 5.41 Å². The average molecular weight is 222 g/mol. The van der Waals surface area contributed by atoms with E-state index in [-0.39, 0.29) is 0 Å². The molecule has 1 aliphatic rings. The van der Waals surface area contributed by atoms with Crippen LogP contribution >= 0.6 is 0 Å². The molecule has 1 fully saturated rings. The maximum Gasteiger partial charge on any atom is 0.123 e. The fourth-order valence-corrected chi connectivity index (χ4v) is 2.58. The van der Waals surface area contributed by atoms with Gasteiger partial charge in [-0.3, -0.25) is 4.68 Å². The zero-order valence-corrected chi connectivity index (χ0v) is 10.1. The maximum absolute atomic E-state index is 5.95. The highest BCUT2D eigenvalue weighted by atomic mass is 15.3. The van der Waals surface area contributed by atoms with Crippen LogP contribution in [0.4, 0.5) is 5.82 Å². The van der Waals surface area contributed by atoms with Gasteiger partial charge in [0, 0.05) is 19.7 Å². The molecule has 0 atom stereocenters. The number of aryl methyl sites for hydroxylation is 1.